The molecular formula is C21H17N3O5S. The second kappa shape index (κ2) is 7.53. The topological polar surface area (TPSA) is 110 Å². The van der Waals surface area contributed by atoms with Crippen LogP contribution >= 0.6 is 0 Å². The Hall–Kier alpha value is -3.85. The van der Waals surface area contributed by atoms with Crippen LogP contribution in [0.4, 0.5) is 5.69 Å². The van der Waals surface area contributed by atoms with Gasteiger partial charge in [-0.25, -0.2) is 17.8 Å². The summed E-state index contributed by atoms with van der Waals surface area (Å²) in [6, 6.07) is 18.8. The van der Waals surface area contributed by atoms with Crippen molar-refractivity contribution in [3.05, 3.63) is 93.6 Å². The summed E-state index contributed by atoms with van der Waals surface area (Å²) in [4.78, 5) is 27.9. The number of hydrogen-bond donors (Lipinski definition) is 2. The number of sulfonamides is 1. The van der Waals surface area contributed by atoms with Gasteiger partial charge >= 0.3 is 5.69 Å². The SMILES string of the molecule is COc1ccccc1NS(=O)(=O)c1cccc(-n2c(=O)[nH]c3ccccc3c2=O)c1. The molecule has 0 radical (unpaired) electrons. The zero-order chi connectivity index (χ0) is 21.3. The number of H-pyrrole nitrogens is 1. The molecule has 0 saturated carbocycles. The van der Waals surface area contributed by atoms with Crippen molar-refractivity contribution in [1.29, 1.82) is 0 Å². The summed E-state index contributed by atoms with van der Waals surface area (Å²) in [6.45, 7) is 0. The summed E-state index contributed by atoms with van der Waals surface area (Å²) >= 11 is 0. The lowest BCUT2D eigenvalue weighted by atomic mass is 10.2. The van der Waals surface area contributed by atoms with Gasteiger partial charge in [0.15, 0.2) is 0 Å². The van der Waals surface area contributed by atoms with E-state index in [1.165, 1.54) is 31.4 Å². The second-order valence-corrected chi connectivity index (χ2v) is 8.10. The zero-order valence-electron chi connectivity index (χ0n) is 15.8. The van der Waals surface area contributed by atoms with E-state index in [-0.39, 0.29) is 16.3 Å². The molecule has 1 aromatic heterocycles. The van der Waals surface area contributed by atoms with Crippen LogP contribution in [-0.4, -0.2) is 25.1 Å². The molecule has 0 atom stereocenters. The minimum Gasteiger partial charge on any atom is -0.495 e. The molecule has 3 aromatic carbocycles. The minimum atomic E-state index is -4.00. The van der Waals surface area contributed by atoms with Gasteiger partial charge in [0.05, 0.1) is 34.3 Å². The van der Waals surface area contributed by atoms with E-state index in [1.807, 2.05) is 0 Å². The third-order valence-electron chi connectivity index (χ3n) is 4.54. The van der Waals surface area contributed by atoms with Gasteiger partial charge in [-0.05, 0) is 42.5 Å². The summed E-state index contributed by atoms with van der Waals surface area (Å²) in [5.74, 6) is 0.361. The van der Waals surface area contributed by atoms with Crippen LogP contribution in [0.3, 0.4) is 0 Å². The van der Waals surface area contributed by atoms with Crippen LogP contribution in [0.25, 0.3) is 16.6 Å². The van der Waals surface area contributed by atoms with E-state index in [4.69, 9.17) is 4.74 Å². The van der Waals surface area contributed by atoms with Crippen LogP contribution < -0.4 is 20.7 Å². The molecule has 0 unspecified atom stereocenters. The second-order valence-electron chi connectivity index (χ2n) is 6.42. The first kappa shape index (κ1) is 19.5. The molecule has 4 aromatic rings. The largest absolute Gasteiger partial charge is 0.495 e. The van der Waals surface area contributed by atoms with Gasteiger partial charge in [0.2, 0.25) is 0 Å². The Morgan fingerprint density at radius 1 is 0.933 bits per heavy atom. The predicted octanol–water partition coefficient (Wildman–Crippen LogP) is 2.49. The van der Waals surface area contributed by atoms with Crippen LogP contribution in [0, 0.1) is 0 Å². The van der Waals surface area contributed by atoms with Crippen molar-refractivity contribution in [3.8, 4) is 11.4 Å². The number of aromatic nitrogens is 2. The third kappa shape index (κ3) is 3.46. The first-order valence-electron chi connectivity index (χ1n) is 8.91. The monoisotopic (exact) mass is 423 g/mol. The molecule has 0 aliphatic rings. The van der Waals surface area contributed by atoms with E-state index < -0.39 is 21.3 Å². The Balaban J connectivity index is 1.81. The van der Waals surface area contributed by atoms with E-state index in [2.05, 4.69) is 9.71 Å². The molecule has 9 heteroatoms. The maximum Gasteiger partial charge on any atom is 0.333 e. The van der Waals surface area contributed by atoms with Gasteiger partial charge in [0.25, 0.3) is 15.6 Å². The van der Waals surface area contributed by atoms with Crippen molar-refractivity contribution < 1.29 is 13.2 Å². The highest BCUT2D eigenvalue weighted by atomic mass is 32.2. The van der Waals surface area contributed by atoms with Crippen LogP contribution in [0.15, 0.2) is 87.3 Å². The number of methoxy groups -OCH3 is 1. The average Bonchev–Trinajstić information content (AvgIpc) is 2.74. The Bertz CT molecular complexity index is 1470. The van der Waals surface area contributed by atoms with Crippen molar-refractivity contribution in [2.24, 2.45) is 0 Å². The number of nitrogens with one attached hydrogen (secondary N) is 2. The number of aromatic amines is 1. The molecule has 0 bridgehead atoms. The molecule has 2 N–H and O–H groups in total. The smallest absolute Gasteiger partial charge is 0.333 e. The standard InChI is InChI=1S/C21H17N3O5S/c1-29-19-12-5-4-11-18(19)23-30(27,28)15-8-6-7-14(13-15)24-20(25)16-9-2-3-10-17(16)22-21(24)26/h2-13,23H,1H3,(H,22,26). The van der Waals surface area contributed by atoms with E-state index in [0.717, 1.165) is 4.57 Å². The quantitative estimate of drug-likeness (QED) is 0.512. The molecule has 4 rings (SSSR count). The predicted molar refractivity (Wildman–Crippen MR) is 114 cm³/mol. The number of nitrogens with zero attached hydrogens (tertiary/aromatic N) is 1. The van der Waals surface area contributed by atoms with Crippen LogP contribution in [0.2, 0.25) is 0 Å². The number of anilines is 1. The summed E-state index contributed by atoms with van der Waals surface area (Å²) in [7, 11) is -2.57. The van der Waals surface area contributed by atoms with Gasteiger partial charge in [-0.2, -0.15) is 0 Å². The van der Waals surface area contributed by atoms with Crippen LogP contribution in [0.5, 0.6) is 5.75 Å². The molecule has 0 aliphatic heterocycles. The lowest BCUT2D eigenvalue weighted by Gasteiger charge is -2.13. The molecule has 1 heterocycles. The highest BCUT2D eigenvalue weighted by Crippen LogP contribution is 2.26. The van der Waals surface area contributed by atoms with Crippen molar-refractivity contribution in [3.63, 3.8) is 0 Å². The third-order valence-corrected chi connectivity index (χ3v) is 5.91. The van der Waals surface area contributed by atoms with Crippen molar-refractivity contribution in [1.82, 2.24) is 9.55 Å². The minimum absolute atomic E-state index is 0.106. The van der Waals surface area contributed by atoms with E-state index in [0.29, 0.717) is 16.7 Å². The highest BCUT2D eigenvalue weighted by Gasteiger charge is 2.18. The fourth-order valence-electron chi connectivity index (χ4n) is 3.12. The van der Waals surface area contributed by atoms with Crippen molar-refractivity contribution >= 4 is 26.6 Å². The molecule has 0 amide bonds. The fraction of sp³-hybridized carbons (Fsp3) is 0.0476. The Morgan fingerprint density at radius 2 is 1.67 bits per heavy atom. The van der Waals surface area contributed by atoms with Gasteiger partial charge < -0.3 is 9.72 Å². The lowest BCUT2D eigenvalue weighted by Crippen LogP contribution is -2.33. The molecule has 8 nitrogen and oxygen atoms in total. The van der Waals surface area contributed by atoms with Gasteiger partial charge in [-0.15, -0.1) is 0 Å². The summed E-state index contributed by atoms with van der Waals surface area (Å²) in [5, 5.41) is 0.317. The Morgan fingerprint density at radius 3 is 2.47 bits per heavy atom. The van der Waals surface area contributed by atoms with Gasteiger partial charge in [-0.1, -0.05) is 30.3 Å². The van der Waals surface area contributed by atoms with Crippen molar-refractivity contribution in [2.75, 3.05) is 11.8 Å². The number of para-hydroxylation sites is 3. The lowest BCUT2D eigenvalue weighted by molar-refractivity contribution is 0.417. The zero-order valence-corrected chi connectivity index (χ0v) is 16.6. The fourth-order valence-corrected chi connectivity index (χ4v) is 4.23. The summed E-state index contributed by atoms with van der Waals surface area (Å²) < 4.78 is 34.3. The van der Waals surface area contributed by atoms with Crippen LogP contribution in [0.1, 0.15) is 0 Å². The first-order chi connectivity index (χ1) is 14.4. The molecule has 30 heavy (non-hydrogen) atoms. The summed E-state index contributed by atoms with van der Waals surface area (Å²) in [6.07, 6.45) is 0. The number of ether oxygens (including phenoxy) is 1. The molecule has 0 spiro atoms. The molecule has 152 valence electrons. The highest BCUT2D eigenvalue weighted by molar-refractivity contribution is 7.92. The summed E-state index contributed by atoms with van der Waals surface area (Å²) in [5.41, 5.74) is -0.390. The normalized spacial score (nSPS) is 11.4. The molecule has 0 fully saturated rings. The molecule has 0 saturated heterocycles. The number of benzene rings is 3. The Labute approximate surface area is 171 Å². The average molecular weight is 423 g/mol. The van der Waals surface area contributed by atoms with Gasteiger partial charge in [0.1, 0.15) is 5.75 Å². The first-order valence-corrected chi connectivity index (χ1v) is 10.4. The Kier molecular flexibility index (Phi) is 4.88. The van der Waals surface area contributed by atoms with Gasteiger partial charge in [0, 0.05) is 0 Å². The number of rotatable bonds is 5. The van der Waals surface area contributed by atoms with Gasteiger partial charge in [-0.3, -0.25) is 9.52 Å². The maximum atomic E-state index is 12.9. The van der Waals surface area contributed by atoms with E-state index in [9.17, 15) is 18.0 Å². The van der Waals surface area contributed by atoms with E-state index in [1.54, 1.807) is 48.5 Å². The van der Waals surface area contributed by atoms with Crippen LogP contribution in [-0.2, 0) is 10.0 Å². The molecule has 0 aliphatic carbocycles. The number of hydrogen-bond acceptors (Lipinski definition) is 5. The maximum absolute atomic E-state index is 12.9. The van der Waals surface area contributed by atoms with E-state index >= 15 is 0 Å². The number of fused-ring (bicyclic) bond motifs is 1. The molecular weight excluding hydrogens is 406 g/mol. The van der Waals surface area contributed by atoms with Crippen molar-refractivity contribution in [2.45, 2.75) is 4.90 Å².